The molecule has 0 aromatic heterocycles. The summed E-state index contributed by atoms with van der Waals surface area (Å²) in [5.74, 6) is -0.921. The van der Waals surface area contributed by atoms with E-state index < -0.39 is 11.8 Å². The predicted octanol–water partition coefficient (Wildman–Crippen LogP) is 1.67. The van der Waals surface area contributed by atoms with Gasteiger partial charge in [0, 0.05) is 22.2 Å². The van der Waals surface area contributed by atoms with Crippen LogP contribution in [-0.2, 0) is 9.53 Å². The van der Waals surface area contributed by atoms with Crippen molar-refractivity contribution >= 4 is 52.3 Å². The smallest absolute Gasteiger partial charge is 0.264 e. The number of hydrogen-bond donors (Lipinski definition) is 3. The van der Waals surface area contributed by atoms with Crippen molar-refractivity contribution in [2.24, 2.45) is 0 Å². The molecule has 1 aromatic carbocycles. The van der Waals surface area contributed by atoms with Crippen LogP contribution < -0.4 is 16.2 Å². The quantitative estimate of drug-likeness (QED) is 0.569. The van der Waals surface area contributed by atoms with Crippen LogP contribution in [0.2, 0.25) is 10.0 Å². The molecule has 0 radical (unpaired) electrons. The first kappa shape index (κ1) is 17.6. The summed E-state index contributed by atoms with van der Waals surface area (Å²) in [7, 11) is 0. The maximum atomic E-state index is 11.9. The van der Waals surface area contributed by atoms with Gasteiger partial charge in [0.2, 0.25) is 0 Å². The molecular weight excluding hydrogens is 337 g/mol. The minimum atomic E-state index is -0.504. The topological polar surface area (TPSA) is 79.5 Å². The molecule has 0 fully saturated rings. The first-order valence-electron chi connectivity index (χ1n) is 5.86. The van der Waals surface area contributed by atoms with Crippen molar-refractivity contribution in [3.8, 4) is 0 Å². The third kappa shape index (κ3) is 6.72. The van der Waals surface area contributed by atoms with Gasteiger partial charge in [-0.25, -0.2) is 0 Å². The van der Waals surface area contributed by atoms with Gasteiger partial charge in [-0.2, -0.15) is 0 Å². The lowest BCUT2D eigenvalue weighted by Gasteiger charge is -2.11. The first-order valence-corrected chi connectivity index (χ1v) is 7.02. The molecule has 0 atom stereocenters. The fraction of sp³-hybridized carbons (Fsp3) is 0.250. The Morgan fingerprint density at radius 1 is 1.19 bits per heavy atom. The van der Waals surface area contributed by atoms with Gasteiger partial charge in [0.05, 0.1) is 0 Å². The molecule has 21 heavy (non-hydrogen) atoms. The number of nitrogens with one attached hydrogen (secondary N) is 3. The molecule has 0 saturated carbocycles. The molecule has 0 aliphatic rings. The van der Waals surface area contributed by atoms with Crippen molar-refractivity contribution in [1.29, 1.82) is 0 Å². The molecular formula is C12H13Cl2N3O3S. The monoisotopic (exact) mass is 349 g/mol. The summed E-state index contributed by atoms with van der Waals surface area (Å²) in [6.45, 7) is 2.08. The molecule has 0 aliphatic carbocycles. The van der Waals surface area contributed by atoms with Gasteiger partial charge in [0.25, 0.3) is 11.8 Å². The van der Waals surface area contributed by atoms with Crippen molar-refractivity contribution in [3.63, 3.8) is 0 Å². The van der Waals surface area contributed by atoms with Gasteiger partial charge in [0.1, 0.15) is 6.61 Å². The number of thiocarbonyl (C=S) groups is 1. The zero-order valence-corrected chi connectivity index (χ0v) is 13.4. The standard InChI is InChI=1S/C12H13Cl2N3O3S/c1-2-20-6-10(18)16-17-12(21)15-11(19)7-3-8(13)5-9(14)4-7/h3-5H,2,6H2,1H3,(H,16,18)(H2,15,17,19,21). The number of rotatable bonds is 4. The first-order chi connectivity index (χ1) is 9.92. The highest BCUT2D eigenvalue weighted by Gasteiger charge is 2.10. The van der Waals surface area contributed by atoms with Crippen LogP contribution in [0.3, 0.4) is 0 Å². The molecule has 114 valence electrons. The molecule has 1 rings (SSSR count). The number of carbonyl (C=O) groups is 2. The zero-order valence-electron chi connectivity index (χ0n) is 11.0. The Kier molecular flexibility index (Phi) is 7.38. The molecule has 0 saturated heterocycles. The number of ether oxygens (including phenoxy) is 1. The van der Waals surface area contributed by atoms with Gasteiger partial charge in [-0.15, -0.1) is 0 Å². The van der Waals surface area contributed by atoms with Crippen molar-refractivity contribution < 1.29 is 14.3 Å². The molecule has 0 bridgehead atoms. The third-order valence-electron chi connectivity index (χ3n) is 2.10. The van der Waals surface area contributed by atoms with Crippen LogP contribution in [0.1, 0.15) is 17.3 Å². The molecule has 0 spiro atoms. The molecule has 0 unspecified atom stereocenters. The Morgan fingerprint density at radius 2 is 1.81 bits per heavy atom. The zero-order chi connectivity index (χ0) is 15.8. The van der Waals surface area contributed by atoms with Gasteiger partial charge < -0.3 is 4.74 Å². The molecule has 2 amide bonds. The normalized spacial score (nSPS) is 9.86. The number of hydrazine groups is 1. The Balaban J connectivity index is 2.47. The van der Waals surface area contributed by atoms with Gasteiger partial charge in [-0.05, 0) is 37.3 Å². The number of hydrogen-bond acceptors (Lipinski definition) is 4. The van der Waals surface area contributed by atoms with E-state index in [9.17, 15) is 9.59 Å². The summed E-state index contributed by atoms with van der Waals surface area (Å²) >= 11 is 16.5. The van der Waals surface area contributed by atoms with Crippen molar-refractivity contribution in [2.75, 3.05) is 13.2 Å². The molecule has 6 nitrogen and oxygen atoms in total. The van der Waals surface area contributed by atoms with E-state index in [0.29, 0.717) is 16.7 Å². The largest absolute Gasteiger partial charge is 0.372 e. The van der Waals surface area contributed by atoms with E-state index in [1.165, 1.54) is 18.2 Å². The van der Waals surface area contributed by atoms with Crippen LogP contribution in [0.5, 0.6) is 0 Å². The Labute approximate surface area is 137 Å². The third-order valence-corrected chi connectivity index (χ3v) is 2.75. The number of carbonyl (C=O) groups excluding carboxylic acids is 2. The van der Waals surface area contributed by atoms with Crippen molar-refractivity contribution in [1.82, 2.24) is 16.2 Å². The summed E-state index contributed by atoms with van der Waals surface area (Å²) in [6, 6.07) is 4.39. The fourth-order valence-corrected chi connectivity index (χ4v) is 1.92. The summed E-state index contributed by atoms with van der Waals surface area (Å²) in [4.78, 5) is 23.1. The Morgan fingerprint density at radius 3 is 2.38 bits per heavy atom. The van der Waals surface area contributed by atoms with Crippen LogP contribution >= 0.6 is 35.4 Å². The summed E-state index contributed by atoms with van der Waals surface area (Å²) in [5, 5.41) is 2.96. The molecule has 0 heterocycles. The minimum absolute atomic E-state index is 0.0686. The lowest BCUT2D eigenvalue weighted by atomic mass is 10.2. The van der Waals surface area contributed by atoms with E-state index in [1.54, 1.807) is 6.92 Å². The molecule has 1 aromatic rings. The van der Waals surface area contributed by atoms with Crippen LogP contribution in [0.15, 0.2) is 18.2 Å². The van der Waals surface area contributed by atoms with E-state index >= 15 is 0 Å². The van der Waals surface area contributed by atoms with Crippen LogP contribution in [0.4, 0.5) is 0 Å². The van der Waals surface area contributed by atoms with E-state index in [2.05, 4.69) is 16.2 Å². The summed E-state index contributed by atoms with van der Waals surface area (Å²) < 4.78 is 4.89. The highest BCUT2D eigenvalue weighted by atomic mass is 35.5. The second-order valence-corrected chi connectivity index (χ2v) is 5.03. The summed E-state index contributed by atoms with van der Waals surface area (Å²) in [6.07, 6.45) is 0. The van der Waals surface area contributed by atoms with Crippen molar-refractivity contribution in [3.05, 3.63) is 33.8 Å². The second-order valence-electron chi connectivity index (χ2n) is 3.75. The molecule has 9 heteroatoms. The molecule has 3 N–H and O–H groups in total. The number of halogens is 2. The van der Waals surface area contributed by atoms with Gasteiger partial charge in [-0.1, -0.05) is 23.2 Å². The van der Waals surface area contributed by atoms with Crippen LogP contribution in [0.25, 0.3) is 0 Å². The van der Waals surface area contributed by atoms with Crippen molar-refractivity contribution in [2.45, 2.75) is 6.92 Å². The van der Waals surface area contributed by atoms with E-state index in [4.69, 9.17) is 40.2 Å². The Hall–Kier alpha value is -1.41. The average molecular weight is 350 g/mol. The Bertz CT molecular complexity index is 534. The number of amides is 2. The van der Waals surface area contributed by atoms with Crippen LogP contribution in [0, 0.1) is 0 Å². The van der Waals surface area contributed by atoms with Gasteiger partial charge in [-0.3, -0.25) is 25.8 Å². The molecule has 0 aliphatic heterocycles. The highest BCUT2D eigenvalue weighted by molar-refractivity contribution is 7.80. The average Bonchev–Trinajstić information content (AvgIpc) is 2.41. The maximum Gasteiger partial charge on any atom is 0.264 e. The second kappa shape index (κ2) is 8.78. The minimum Gasteiger partial charge on any atom is -0.372 e. The lowest BCUT2D eigenvalue weighted by molar-refractivity contribution is -0.126. The number of benzene rings is 1. The van der Waals surface area contributed by atoms with E-state index in [0.717, 1.165) is 0 Å². The van der Waals surface area contributed by atoms with E-state index in [1.807, 2.05) is 0 Å². The lowest BCUT2D eigenvalue weighted by Crippen LogP contribution is -2.49. The highest BCUT2D eigenvalue weighted by Crippen LogP contribution is 2.18. The fourth-order valence-electron chi connectivity index (χ4n) is 1.25. The SMILES string of the molecule is CCOCC(=O)NNC(=S)NC(=O)c1cc(Cl)cc(Cl)c1. The van der Waals surface area contributed by atoms with E-state index in [-0.39, 0.29) is 17.3 Å². The van der Waals surface area contributed by atoms with Gasteiger partial charge in [0.15, 0.2) is 5.11 Å². The van der Waals surface area contributed by atoms with Crippen LogP contribution in [-0.4, -0.2) is 30.1 Å². The predicted molar refractivity (Wildman–Crippen MR) is 84.3 cm³/mol. The summed E-state index contributed by atoms with van der Waals surface area (Å²) in [5.41, 5.74) is 4.90. The van der Waals surface area contributed by atoms with Gasteiger partial charge >= 0.3 is 0 Å². The maximum absolute atomic E-state index is 11.9.